The fourth-order valence-corrected chi connectivity index (χ4v) is 2.67. The van der Waals surface area contributed by atoms with Crippen molar-refractivity contribution in [2.24, 2.45) is 0 Å². The van der Waals surface area contributed by atoms with Gasteiger partial charge in [-0.3, -0.25) is 0 Å². The van der Waals surface area contributed by atoms with Gasteiger partial charge in [0.25, 0.3) is 5.51 Å². The van der Waals surface area contributed by atoms with Crippen molar-refractivity contribution in [2.75, 3.05) is 11.9 Å². The van der Waals surface area contributed by atoms with Crippen LogP contribution in [-0.4, -0.2) is 29.1 Å². The number of hydrogen-bond acceptors (Lipinski definition) is 4. The zero-order valence-electron chi connectivity index (χ0n) is 9.92. The van der Waals surface area contributed by atoms with E-state index in [2.05, 4.69) is 20.3 Å². The summed E-state index contributed by atoms with van der Waals surface area (Å²) >= 11 is 0. The van der Waals surface area contributed by atoms with Gasteiger partial charge in [-0.1, -0.05) is 28.4 Å². The molecule has 1 heterocycles. The third-order valence-electron chi connectivity index (χ3n) is 2.08. The predicted molar refractivity (Wildman–Crippen MR) is 66.9 cm³/mol. The monoisotopic (exact) mass is 304 g/mol. The van der Waals surface area contributed by atoms with Crippen LogP contribution in [0.25, 0.3) is 4.90 Å². The summed E-state index contributed by atoms with van der Waals surface area (Å²) in [4.78, 5) is 12.1. The molecule has 0 radical (unpaired) electrons. The first-order valence-corrected chi connectivity index (χ1v) is 6.64. The smallest absolute Gasteiger partial charge is 0.422 e. The highest BCUT2D eigenvalue weighted by Gasteiger charge is 2.30. The van der Waals surface area contributed by atoms with Gasteiger partial charge in [-0.25, -0.2) is 10.1 Å². The second kappa shape index (κ2) is 5.87. The molecule has 2 rings (SSSR count). The molecular formula is C11H9F3N3O2S+. The van der Waals surface area contributed by atoms with E-state index >= 15 is 0 Å². The lowest BCUT2D eigenvalue weighted by Crippen LogP contribution is -2.23. The first-order valence-electron chi connectivity index (χ1n) is 5.35. The van der Waals surface area contributed by atoms with Crippen molar-refractivity contribution >= 4 is 21.7 Å². The summed E-state index contributed by atoms with van der Waals surface area (Å²) in [6.07, 6.45) is -5.77. The minimum Gasteiger partial charge on any atom is -0.440 e. The highest BCUT2D eigenvalue weighted by molar-refractivity contribution is 7.41. The standard InChI is InChI=1S/C11H8F3N3O2S/c12-11(13,14)6-19-10(18)16-9-17-15-7-20(9)8-4-2-1-3-5-8/h1-5,7H,6H2/p+1. The van der Waals surface area contributed by atoms with Crippen LogP contribution >= 0.6 is 10.5 Å². The summed E-state index contributed by atoms with van der Waals surface area (Å²) in [5.74, 6) is 0. The number of alkyl halides is 3. The molecule has 0 aliphatic carbocycles. The van der Waals surface area contributed by atoms with Crippen LogP contribution in [0.15, 0.2) is 35.8 Å². The Bertz CT molecular complexity index is 586. The van der Waals surface area contributed by atoms with Crippen molar-refractivity contribution in [2.45, 2.75) is 6.18 Å². The second-order valence-electron chi connectivity index (χ2n) is 3.59. The maximum absolute atomic E-state index is 11.9. The molecule has 106 valence electrons. The lowest BCUT2D eigenvalue weighted by Gasteiger charge is -2.06. The van der Waals surface area contributed by atoms with Gasteiger partial charge in [-0.05, 0) is 12.1 Å². The molecule has 1 aromatic carbocycles. The highest BCUT2D eigenvalue weighted by atomic mass is 32.2. The van der Waals surface area contributed by atoms with Gasteiger partial charge < -0.3 is 4.74 Å². The SMILES string of the molecule is O=C(Nc1nnc[s+]1-c1ccccc1)OCC(F)(F)F. The molecule has 0 saturated heterocycles. The molecule has 0 aliphatic heterocycles. The number of benzene rings is 1. The number of rotatable bonds is 3. The van der Waals surface area contributed by atoms with Gasteiger partial charge in [0.05, 0.1) is 10.5 Å². The number of hydrogen-bond donors (Lipinski definition) is 1. The molecule has 0 bridgehead atoms. The maximum atomic E-state index is 11.9. The van der Waals surface area contributed by atoms with Crippen LogP contribution in [-0.2, 0) is 4.74 Å². The Kier molecular flexibility index (Phi) is 4.18. The van der Waals surface area contributed by atoms with E-state index in [4.69, 9.17) is 0 Å². The zero-order chi connectivity index (χ0) is 14.6. The molecular weight excluding hydrogens is 295 g/mol. The predicted octanol–water partition coefficient (Wildman–Crippen LogP) is 3.33. The molecule has 0 aliphatic rings. The quantitative estimate of drug-likeness (QED) is 0.883. The molecule has 0 fully saturated rings. The molecule has 5 nitrogen and oxygen atoms in total. The molecule has 1 N–H and O–H groups in total. The first kappa shape index (κ1) is 14.3. The Balaban J connectivity index is 2.04. The topological polar surface area (TPSA) is 64.1 Å². The minimum atomic E-state index is -4.56. The third kappa shape index (κ3) is 3.92. The Hall–Kier alpha value is -2.16. The zero-order valence-corrected chi connectivity index (χ0v) is 10.7. The van der Waals surface area contributed by atoms with Crippen molar-refractivity contribution in [3.05, 3.63) is 35.8 Å². The van der Waals surface area contributed by atoms with Gasteiger partial charge in [0, 0.05) is 0 Å². The number of halogens is 3. The van der Waals surface area contributed by atoms with Gasteiger partial charge in [0.2, 0.25) is 0 Å². The molecule has 1 amide bonds. The van der Waals surface area contributed by atoms with Gasteiger partial charge in [-0.2, -0.15) is 13.2 Å². The molecule has 0 saturated carbocycles. The van der Waals surface area contributed by atoms with Crippen LogP contribution in [0, 0.1) is 0 Å². The number of ether oxygens (including phenoxy) is 1. The Labute approximate surface area is 114 Å². The molecule has 0 spiro atoms. The molecule has 1 atom stereocenters. The summed E-state index contributed by atoms with van der Waals surface area (Å²) in [7, 11) is -0.709. The van der Waals surface area contributed by atoms with E-state index in [0.29, 0.717) is 0 Å². The first-order chi connectivity index (χ1) is 9.46. The van der Waals surface area contributed by atoms with Crippen LogP contribution < -0.4 is 5.32 Å². The average molecular weight is 304 g/mol. The fourth-order valence-electron chi connectivity index (χ4n) is 1.31. The van der Waals surface area contributed by atoms with E-state index in [-0.39, 0.29) is 5.13 Å². The Morgan fingerprint density at radius 1 is 1.30 bits per heavy atom. The van der Waals surface area contributed by atoms with Crippen molar-refractivity contribution in [3.8, 4) is 4.90 Å². The van der Waals surface area contributed by atoms with Crippen LogP contribution in [0.4, 0.5) is 23.1 Å². The fraction of sp³-hybridized carbons (Fsp3) is 0.182. The summed E-state index contributed by atoms with van der Waals surface area (Å²) in [6.45, 7) is -1.65. The lowest BCUT2D eigenvalue weighted by molar-refractivity contribution is -0.159. The summed E-state index contributed by atoms with van der Waals surface area (Å²) < 4.78 is 39.8. The van der Waals surface area contributed by atoms with Crippen LogP contribution in [0.2, 0.25) is 0 Å². The van der Waals surface area contributed by atoms with Crippen molar-refractivity contribution in [1.29, 1.82) is 0 Å². The summed E-state index contributed by atoms with van der Waals surface area (Å²) in [6, 6.07) is 9.03. The van der Waals surface area contributed by atoms with E-state index in [1.165, 1.54) is 5.51 Å². The number of anilines is 1. The van der Waals surface area contributed by atoms with Gasteiger partial charge in [0.15, 0.2) is 11.5 Å². The highest BCUT2D eigenvalue weighted by Crippen LogP contribution is 2.36. The molecule has 9 heteroatoms. The van der Waals surface area contributed by atoms with E-state index in [1.807, 2.05) is 6.07 Å². The molecule has 1 unspecified atom stereocenters. The third-order valence-corrected chi connectivity index (χ3v) is 3.77. The number of carbonyl (C=O) groups excluding carboxylic acids is 1. The maximum Gasteiger partial charge on any atom is 0.422 e. The van der Waals surface area contributed by atoms with Gasteiger partial charge >= 0.3 is 17.4 Å². The van der Waals surface area contributed by atoms with E-state index in [1.54, 1.807) is 24.3 Å². The van der Waals surface area contributed by atoms with E-state index < -0.39 is 29.3 Å². The van der Waals surface area contributed by atoms with Crippen molar-refractivity contribution in [3.63, 3.8) is 0 Å². The van der Waals surface area contributed by atoms with E-state index in [9.17, 15) is 18.0 Å². The summed E-state index contributed by atoms with van der Waals surface area (Å²) in [5.41, 5.74) is 1.51. The van der Waals surface area contributed by atoms with E-state index in [0.717, 1.165) is 4.90 Å². The Morgan fingerprint density at radius 3 is 2.65 bits per heavy atom. The number of aromatic nitrogens is 2. The normalized spacial score (nSPS) is 12.1. The van der Waals surface area contributed by atoms with Crippen molar-refractivity contribution in [1.82, 2.24) is 10.2 Å². The number of amides is 1. The number of nitrogens with zero attached hydrogens (tertiary/aromatic N) is 2. The van der Waals surface area contributed by atoms with Crippen molar-refractivity contribution < 1.29 is 22.7 Å². The summed E-state index contributed by atoms with van der Waals surface area (Å²) in [5, 5.41) is 9.68. The minimum absolute atomic E-state index is 0.156. The number of carbonyl (C=O) groups is 1. The number of nitrogens with one attached hydrogen (secondary N) is 1. The van der Waals surface area contributed by atoms with Crippen LogP contribution in [0.3, 0.4) is 0 Å². The molecule has 20 heavy (non-hydrogen) atoms. The van der Waals surface area contributed by atoms with Crippen LogP contribution in [0.1, 0.15) is 0 Å². The van der Waals surface area contributed by atoms with Gasteiger partial charge in [-0.15, -0.1) is 0 Å². The average Bonchev–Trinajstić information content (AvgIpc) is 2.85. The molecule has 1 aromatic heterocycles. The van der Waals surface area contributed by atoms with Gasteiger partial charge in [0.1, 0.15) is 0 Å². The second-order valence-corrected chi connectivity index (χ2v) is 5.34. The van der Waals surface area contributed by atoms with Crippen LogP contribution in [0.5, 0.6) is 0 Å². The Morgan fingerprint density at radius 2 is 2.00 bits per heavy atom. The largest absolute Gasteiger partial charge is 0.440 e. The lowest BCUT2D eigenvalue weighted by atomic mass is 10.4. The molecule has 2 aromatic rings.